The van der Waals surface area contributed by atoms with Gasteiger partial charge >= 0.3 is 6.03 Å². The fraction of sp³-hybridized carbons (Fsp3) is 0.476. The van der Waals surface area contributed by atoms with E-state index in [0.717, 1.165) is 29.2 Å². The van der Waals surface area contributed by atoms with Gasteiger partial charge in [-0.15, -0.1) is 0 Å². The predicted octanol–water partition coefficient (Wildman–Crippen LogP) is 3.80. The molecule has 8 heteroatoms. The van der Waals surface area contributed by atoms with Crippen LogP contribution in [0.4, 0.5) is 9.93 Å². The Bertz CT molecular complexity index is 875. The number of ether oxygens (including phenoxy) is 1. The molecule has 0 spiro atoms. The van der Waals surface area contributed by atoms with Crippen molar-refractivity contribution < 1.29 is 14.3 Å². The highest BCUT2D eigenvalue weighted by Gasteiger charge is 2.26. The number of nitrogens with zero attached hydrogens (tertiary/aromatic N) is 2. The summed E-state index contributed by atoms with van der Waals surface area (Å²) in [6.07, 6.45) is 5.14. The maximum absolute atomic E-state index is 12.8. The molecule has 29 heavy (non-hydrogen) atoms. The topological polar surface area (TPSA) is 83.6 Å². The minimum Gasteiger partial charge on any atom is -0.494 e. The van der Waals surface area contributed by atoms with Crippen LogP contribution < -0.4 is 15.4 Å². The maximum Gasteiger partial charge on any atom is 0.321 e. The van der Waals surface area contributed by atoms with E-state index in [1.807, 2.05) is 24.0 Å². The molecule has 0 radical (unpaired) electrons. The molecule has 2 N–H and O–H groups in total. The second-order valence-corrected chi connectivity index (χ2v) is 8.49. The molecular weight excluding hydrogens is 388 g/mol. The van der Waals surface area contributed by atoms with E-state index in [-0.39, 0.29) is 18.0 Å². The second-order valence-electron chi connectivity index (χ2n) is 7.40. The molecule has 0 unspecified atom stereocenters. The average Bonchev–Trinajstić information content (AvgIpc) is 3.36. The summed E-state index contributed by atoms with van der Waals surface area (Å²) in [5, 5.41) is 6.47. The largest absolute Gasteiger partial charge is 0.494 e. The van der Waals surface area contributed by atoms with Crippen LogP contribution in [0.2, 0.25) is 0 Å². The fourth-order valence-corrected chi connectivity index (χ4v) is 4.87. The molecule has 4 rings (SSSR count). The van der Waals surface area contributed by atoms with Crippen LogP contribution in [0.25, 0.3) is 0 Å². The van der Waals surface area contributed by atoms with Gasteiger partial charge in [-0.1, -0.05) is 24.2 Å². The normalized spacial score (nSPS) is 16.4. The quantitative estimate of drug-likeness (QED) is 0.779. The minimum absolute atomic E-state index is 0.000541. The monoisotopic (exact) mass is 414 g/mol. The van der Waals surface area contributed by atoms with Crippen molar-refractivity contribution >= 4 is 28.4 Å². The third-order valence-corrected chi connectivity index (χ3v) is 6.34. The first-order valence-corrected chi connectivity index (χ1v) is 11.0. The molecule has 1 aromatic carbocycles. The van der Waals surface area contributed by atoms with Crippen molar-refractivity contribution in [2.45, 2.75) is 51.6 Å². The summed E-state index contributed by atoms with van der Waals surface area (Å²) in [5.41, 5.74) is 1.62. The number of hydrogen-bond donors (Lipinski definition) is 2. The van der Waals surface area contributed by atoms with Crippen molar-refractivity contribution in [1.29, 1.82) is 0 Å². The number of urea groups is 1. The van der Waals surface area contributed by atoms with Crippen LogP contribution in [-0.2, 0) is 13.0 Å². The van der Waals surface area contributed by atoms with Crippen molar-refractivity contribution in [2.75, 3.05) is 18.5 Å². The number of aromatic nitrogens is 1. The standard InChI is InChI=1S/C21H26N4O3S/c1-2-28-16-9-7-14(8-10-16)19(26)25-12-11-17-18(13-25)29-21(23-17)24-20(27)22-15-5-3-4-6-15/h7-10,15H,2-6,11-13H2,1H3,(H2,22,23,24,27). The summed E-state index contributed by atoms with van der Waals surface area (Å²) in [7, 11) is 0. The summed E-state index contributed by atoms with van der Waals surface area (Å²) in [6, 6.07) is 7.33. The molecule has 1 aliphatic carbocycles. The summed E-state index contributed by atoms with van der Waals surface area (Å²) < 4.78 is 5.44. The van der Waals surface area contributed by atoms with Crippen LogP contribution in [0.1, 0.15) is 53.5 Å². The molecule has 7 nitrogen and oxygen atoms in total. The van der Waals surface area contributed by atoms with Crippen LogP contribution in [0.15, 0.2) is 24.3 Å². The number of carbonyl (C=O) groups is 2. The van der Waals surface area contributed by atoms with E-state index in [4.69, 9.17) is 4.74 Å². The second kappa shape index (κ2) is 8.82. The van der Waals surface area contributed by atoms with E-state index in [2.05, 4.69) is 15.6 Å². The van der Waals surface area contributed by atoms with E-state index >= 15 is 0 Å². The van der Waals surface area contributed by atoms with E-state index < -0.39 is 0 Å². The summed E-state index contributed by atoms with van der Waals surface area (Å²) in [6.45, 7) is 3.67. The van der Waals surface area contributed by atoms with Gasteiger partial charge in [-0.25, -0.2) is 9.78 Å². The molecule has 154 valence electrons. The maximum atomic E-state index is 12.8. The molecule has 2 aliphatic rings. The number of hydrogen-bond acceptors (Lipinski definition) is 5. The Hall–Kier alpha value is -2.61. The lowest BCUT2D eigenvalue weighted by Gasteiger charge is -2.26. The summed E-state index contributed by atoms with van der Waals surface area (Å²) in [5.74, 6) is 0.764. The molecule has 0 atom stereocenters. The Morgan fingerprint density at radius 1 is 1.24 bits per heavy atom. The number of amides is 3. The van der Waals surface area contributed by atoms with Gasteiger partial charge in [0.05, 0.1) is 18.8 Å². The Kier molecular flexibility index (Phi) is 5.99. The fourth-order valence-electron chi connectivity index (χ4n) is 3.85. The highest BCUT2D eigenvalue weighted by Crippen LogP contribution is 2.29. The van der Waals surface area contributed by atoms with Gasteiger partial charge in [0.2, 0.25) is 0 Å². The van der Waals surface area contributed by atoms with E-state index in [0.29, 0.717) is 36.8 Å². The zero-order valence-electron chi connectivity index (χ0n) is 16.6. The Balaban J connectivity index is 1.36. The lowest BCUT2D eigenvalue weighted by Crippen LogP contribution is -2.36. The van der Waals surface area contributed by atoms with Crippen molar-refractivity contribution in [1.82, 2.24) is 15.2 Å². The third kappa shape index (κ3) is 4.70. The highest BCUT2D eigenvalue weighted by molar-refractivity contribution is 7.15. The molecule has 1 saturated carbocycles. The first kappa shape index (κ1) is 19.7. The van der Waals surface area contributed by atoms with Gasteiger partial charge < -0.3 is 15.0 Å². The van der Waals surface area contributed by atoms with Crippen molar-refractivity contribution in [2.24, 2.45) is 0 Å². The average molecular weight is 415 g/mol. The van der Waals surface area contributed by atoms with Crippen LogP contribution >= 0.6 is 11.3 Å². The number of nitrogens with one attached hydrogen (secondary N) is 2. The summed E-state index contributed by atoms with van der Waals surface area (Å²) in [4.78, 5) is 32.5. The van der Waals surface area contributed by atoms with Gasteiger partial charge in [0.25, 0.3) is 5.91 Å². The van der Waals surface area contributed by atoms with Crippen molar-refractivity contribution in [3.8, 4) is 5.75 Å². The van der Waals surface area contributed by atoms with Gasteiger partial charge in [-0.2, -0.15) is 0 Å². The van der Waals surface area contributed by atoms with Gasteiger partial charge in [0.1, 0.15) is 5.75 Å². The smallest absolute Gasteiger partial charge is 0.321 e. The lowest BCUT2D eigenvalue weighted by molar-refractivity contribution is 0.0736. The van der Waals surface area contributed by atoms with Crippen molar-refractivity contribution in [3.63, 3.8) is 0 Å². The number of carbonyl (C=O) groups excluding carboxylic acids is 2. The molecule has 3 amide bonds. The van der Waals surface area contributed by atoms with Gasteiger partial charge in [0.15, 0.2) is 5.13 Å². The molecule has 1 aromatic heterocycles. The van der Waals surface area contributed by atoms with Crippen LogP contribution in [0.3, 0.4) is 0 Å². The number of benzene rings is 1. The number of fused-ring (bicyclic) bond motifs is 1. The van der Waals surface area contributed by atoms with Gasteiger partial charge in [0, 0.05) is 29.4 Å². The van der Waals surface area contributed by atoms with Crippen LogP contribution in [-0.4, -0.2) is 41.0 Å². The molecule has 2 heterocycles. The number of anilines is 1. The van der Waals surface area contributed by atoms with E-state index in [1.165, 1.54) is 24.2 Å². The van der Waals surface area contributed by atoms with E-state index in [9.17, 15) is 9.59 Å². The minimum atomic E-state index is -0.190. The number of thiazole rings is 1. The third-order valence-electron chi connectivity index (χ3n) is 5.34. The predicted molar refractivity (Wildman–Crippen MR) is 113 cm³/mol. The molecule has 0 bridgehead atoms. The van der Waals surface area contributed by atoms with Gasteiger partial charge in [-0.3, -0.25) is 10.1 Å². The molecular formula is C21H26N4O3S. The SMILES string of the molecule is CCOc1ccc(C(=O)N2CCc3nc(NC(=O)NC4CCCC4)sc3C2)cc1. The molecule has 0 saturated heterocycles. The molecule has 1 aliphatic heterocycles. The van der Waals surface area contributed by atoms with Crippen LogP contribution in [0, 0.1) is 0 Å². The first-order valence-electron chi connectivity index (χ1n) is 10.2. The highest BCUT2D eigenvalue weighted by atomic mass is 32.1. The summed E-state index contributed by atoms with van der Waals surface area (Å²) >= 11 is 1.45. The zero-order valence-corrected chi connectivity index (χ0v) is 17.4. The van der Waals surface area contributed by atoms with Gasteiger partial charge in [-0.05, 0) is 44.0 Å². The first-order chi connectivity index (χ1) is 14.1. The Morgan fingerprint density at radius 3 is 2.72 bits per heavy atom. The molecule has 1 fully saturated rings. The Labute approximate surface area is 174 Å². The van der Waals surface area contributed by atoms with E-state index in [1.54, 1.807) is 12.1 Å². The van der Waals surface area contributed by atoms with Crippen molar-refractivity contribution in [3.05, 3.63) is 40.4 Å². The molecule has 2 aromatic rings. The zero-order chi connectivity index (χ0) is 20.2. The number of rotatable bonds is 5. The van der Waals surface area contributed by atoms with Crippen LogP contribution in [0.5, 0.6) is 5.75 Å². The Morgan fingerprint density at radius 2 is 2.00 bits per heavy atom. The lowest BCUT2D eigenvalue weighted by atomic mass is 10.1.